The van der Waals surface area contributed by atoms with Crippen LogP contribution in [0.1, 0.15) is 5.56 Å². The number of primary amides is 1. The van der Waals surface area contributed by atoms with E-state index in [1.165, 1.54) is 0 Å². The molecule has 0 unspecified atom stereocenters. The van der Waals surface area contributed by atoms with Crippen LogP contribution in [-0.2, 0) is 4.79 Å². The monoisotopic (exact) mass is 287 g/mol. The molecular weight excluding hydrogens is 278 g/mol. The number of nitrogens with one attached hydrogen (secondary N) is 1. The van der Waals surface area contributed by atoms with Crippen molar-refractivity contribution in [2.24, 2.45) is 11.5 Å². The average Bonchev–Trinajstić information content (AvgIpc) is 2.15. The highest BCUT2D eigenvalue weighted by Gasteiger charge is 2.06. The van der Waals surface area contributed by atoms with Crippen molar-refractivity contribution in [3.05, 3.63) is 28.2 Å². The number of anilines is 1. The zero-order chi connectivity index (χ0) is 11.4. The second-order valence-electron chi connectivity index (χ2n) is 2.87. The molecule has 0 bridgehead atoms. The summed E-state index contributed by atoms with van der Waals surface area (Å²) in [4.78, 5) is 10.9. The molecule has 6 heteroatoms. The van der Waals surface area contributed by atoms with Crippen LogP contribution in [0.5, 0.6) is 0 Å². The first-order valence-corrected chi connectivity index (χ1v) is 5.32. The Kier molecular flexibility index (Phi) is 4.05. The van der Waals surface area contributed by atoms with E-state index in [4.69, 9.17) is 23.7 Å². The van der Waals surface area contributed by atoms with E-state index in [1.807, 2.05) is 6.07 Å². The minimum atomic E-state index is -0.438. The zero-order valence-electron chi connectivity index (χ0n) is 7.79. The number of amides is 1. The molecule has 1 amide bonds. The van der Waals surface area contributed by atoms with Gasteiger partial charge in [-0.05, 0) is 18.2 Å². The van der Waals surface area contributed by atoms with Gasteiger partial charge < -0.3 is 16.8 Å². The van der Waals surface area contributed by atoms with Crippen molar-refractivity contribution in [1.82, 2.24) is 0 Å². The Labute approximate surface area is 101 Å². The van der Waals surface area contributed by atoms with E-state index < -0.39 is 5.91 Å². The van der Waals surface area contributed by atoms with Gasteiger partial charge in [0.1, 0.15) is 4.99 Å². The lowest BCUT2D eigenvalue weighted by Crippen LogP contribution is -2.23. The molecule has 1 rings (SSSR count). The fourth-order valence-corrected chi connectivity index (χ4v) is 1.59. The van der Waals surface area contributed by atoms with Gasteiger partial charge in [0.25, 0.3) is 0 Å². The first kappa shape index (κ1) is 11.9. The molecule has 5 N–H and O–H groups in total. The number of benzene rings is 1. The highest BCUT2D eigenvalue weighted by atomic mass is 79.9. The van der Waals surface area contributed by atoms with E-state index in [2.05, 4.69) is 21.2 Å². The highest BCUT2D eigenvalue weighted by molar-refractivity contribution is 9.10. The molecule has 80 valence electrons. The van der Waals surface area contributed by atoms with Crippen molar-refractivity contribution in [2.45, 2.75) is 0 Å². The van der Waals surface area contributed by atoms with Gasteiger partial charge in [-0.2, -0.15) is 0 Å². The Balaban J connectivity index is 2.95. The second-order valence-corrected chi connectivity index (χ2v) is 4.23. The lowest BCUT2D eigenvalue weighted by Gasteiger charge is -2.10. The molecule has 0 aliphatic rings. The third-order valence-corrected chi connectivity index (χ3v) is 2.41. The van der Waals surface area contributed by atoms with Crippen molar-refractivity contribution < 1.29 is 4.79 Å². The molecular formula is C9H10BrN3OS. The Morgan fingerprint density at radius 2 is 2.13 bits per heavy atom. The number of hydrogen-bond acceptors (Lipinski definition) is 3. The number of halogens is 1. The Bertz CT molecular complexity index is 408. The summed E-state index contributed by atoms with van der Waals surface area (Å²) in [6, 6.07) is 5.39. The van der Waals surface area contributed by atoms with Gasteiger partial charge in [-0.15, -0.1) is 0 Å². The number of carbonyl (C=O) groups excluding carboxylic acids is 1. The molecule has 0 fully saturated rings. The molecule has 0 aliphatic heterocycles. The van der Waals surface area contributed by atoms with E-state index in [1.54, 1.807) is 12.1 Å². The second kappa shape index (κ2) is 5.09. The lowest BCUT2D eigenvalue weighted by molar-refractivity contribution is -0.116. The number of hydrogen-bond donors (Lipinski definition) is 3. The molecule has 4 nitrogen and oxygen atoms in total. The summed E-state index contributed by atoms with van der Waals surface area (Å²) in [5, 5.41) is 2.86. The molecule has 0 radical (unpaired) electrons. The maximum Gasteiger partial charge on any atom is 0.236 e. The fourth-order valence-electron chi connectivity index (χ4n) is 1.06. The summed E-state index contributed by atoms with van der Waals surface area (Å²) >= 11 is 8.20. The Hall–Kier alpha value is -1.14. The number of thiocarbonyl (C=S) groups is 1. The first-order valence-electron chi connectivity index (χ1n) is 4.12. The van der Waals surface area contributed by atoms with Crippen LogP contribution >= 0.6 is 28.1 Å². The van der Waals surface area contributed by atoms with Crippen LogP contribution in [0.3, 0.4) is 0 Å². The fraction of sp³-hybridized carbons (Fsp3) is 0.111. The van der Waals surface area contributed by atoms with Gasteiger partial charge >= 0.3 is 0 Å². The van der Waals surface area contributed by atoms with Crippen molar-refractivity contribution >= 4 is 44.7 Å². The quantitative estimate of drug-likeness (QED) is 0.721. The average molecular weight is 288 g/mol. The maximum atomic E-state index is 10.6. The normalized spacial score (nSPS) is 9.67. The van der Waals surface area contributed by atoms with Crippen molar-refractivity contribution in [2.75, 3.05) is 11.9 Å². The summed E-state index contributed by atoms with van der Waals surface area (Å²) in [5.41, 5.74) is 11.9. The highest BCUT2D eigenvalue weighted by Crippen LogP contribution is 2.20. The molecule has 15 heavy (non-hydrogen) atoms. The smallest absolute Gasteiger partial charge is 0.236 e. The molecule has 0 saturated carbocycles. The van der Waals surface area contributed by atoms with Crippen LogP contribution in [-0.4, -0.2) is 17.4 Å². The maximum absolute atomic E-state index is 10.6. The van der Waals surface area contributed by atoms with Gasteiger partial charge in [-0.25, -0.2) is 0 Å². The van der Waals surface area contributed by atoms with Gasteiger partial charge in [0.15, 0.2) is 0 Å². The SMILES string of the molecule is NC(=O)CNc1ccc(Br)cc1C(N)=S. The largest absolute Gasteiger partial charge is 0.389 e. The predicted molar refractivity (Wildman–Crippen MR) is 67.7 cm³/mol. The molecule has 0 atom stereocenters. The summed E-state index contributed by atoms with van der Waals surface area (Å²) < 4.78 is 0.870. The predicted octanol–water partition coefficient (Wildman–Crippen LogP) is 0.980. The molecule has 1 aromatic carbocycles. The van der Waals surface area contributed by atoms with E-state index >= 15 is 0 Å². The van der Waals surface area contributed by atoms with Gasteiger partial charge in [-0.3, -0.25) is 4.79 Å². The van der Waals surface area contributed by atoms with Crippen LogP contribution in [0.2, 0.25) is 0 Å². The van der Waals surface area contributed by atoms with Crippen molar-refractivity contribution in [3.8, 4) is 0 Å². The van der Waals surface area contributed by atoms with Gasteiger partial charge in [0, 0.05) is 15.7 Å². The van der Waals surface area contributed by atoms with E-state index in [-0.39, 0.29) is 11.5 Å². The van der Waals surface area contributed by atoms with Crippen LogP contribution in [0.25, 0.3) is 0 Å². The van der Waals surface area contributed by atoms with Crippen LogP contribution < -0.4 is 16.8 Å². The Morgan fingerprint density at radius 3 is 2.67 bits per heavy atom. The molecule has 1 aromatic rings. The molecule has 0 saturated heterocycles. The molecule has 0 spiro atoms. The topological polar surface area (TPSA) is 81.1 Å². The minimum absolute atomic E-state index is 0.0528. The van der Waals surface area contributed by atoms with Crippen molar-refractivity contribution in [1.29, 1.82) is 0 Å². The van der Waals surface area contributed by atoms with E-state index in [0.717, 1.165) is 4.47 Å². The molecule has 0 aromatic heterocycles. The Morgan fingerprint density at radius 1 is 1.47 bits per heavy atom. The number of nitrogens with two attached hydrogens (primary N) is 2. The lowest BCUT2D eigenvalue weighted by atomic mass is 10.2. The van der Waals surface area contributed by atoms with Crippen molar-refractivity contribution in [3.63, 3.8) is 0 Å². The number of carbonyl (C=O) groups is 1. The summed E-state index contributed by atoms with van der Waals surface area (Å²) in [7, 11) is 0. The first-order chi connectivity index (χ1) is 7.00. The van der Waals surface area contributed by atoms with Crippen LogP contribution in [0.4, 0.5) is 5.69 Å². The van der Waals surface area contributed by atoms with Gasteiger partial charge in [0.05, 0.1) is 6.54 Å². The standard InChI is InChI=1S/C9H10BrN3OS/c10-5-1-2-7(13-4-8(11)14)6(3-5)9(12)15/h1-3,13H,4H2,(H2,11,14)(H2,12,15). The summed E-state index contributed by atoms with van der Waals surface area (Å²) in [6.45, 7) is 0.0528. The van der Waals surface area contributed by atoms with Crippen LogP contribution in [0, 0.1) is 0 Å². The summed E-state index contributed by atoms with van der Waals surface area (Å²) in [6.07, 6.45) is 0. The van der Waals surface area contributed by atoms with E-state index in [0.29, 0.717) is 11.3 Å². The number of rotatable bonds is 4. The summed E-state index contributed by atoms with van der Waals surface area (Å²) in [5.74, 6) is -0.438. The zero-order valence-corrected chi connectivity index (χ0v) is 10.2. The van der Waals surface area contributed by atoms with Crippen LogP contribution in [0.15, 0.2) is 22.7 Å². The minimum Gasteiger partial charge on any atom is -0.389 e. The molecule has 0 aliphatic carbocycles. The molecule has 0 heterocycles. The van der Waals surface area contributed by atoms with Gasteiger partial charge in [0.2, 0.25) is 5.91 Å². The third-order valence-electron chi connectivity index (χ3n) is 1.70. The van der Waals surface area contributed by atoms with Gasteiger partial charge in [-0.1, -0.05) is 28.1 Å². The van der Waals surface area contributed by atoms with E-state index in [9.17, 15) is 4.79 Å². The third kappa shape index (κ3) is 3.49.